The van der Waals surface area contributed by atoms with E-state index in [1.807, 2.05) is 12.2 Å². The van der Waals surface area contributed by atoms with Crippen LogP contribution in [0.1, 0.15) is 181 Å². The van der Waals surface area contributed by atoms with Crippen LogP contribution in [0.4, 0.5) is 0 Å². The van der Waals surface area contributed by atoms with Gasteiger partial charge in [0, 0.05) is 19.3 Å². The standard InChI is InChI=1S/C46H76O6/c1-4-7-10-13-16-19-22-23-25-27-30-33-36-39-45(48)51-42-43(41-50-44(47)38-35-32-29-26-21-18-15-12-9-6-3)52-46(49)40-37-34-31-28-24-20-17-14-11-8-5-2/h7,10,12,14-17,19,23,25,30,33,43H,4-6,8-9,11,13,18,20-22,24,26-29,31-32,34-42H2,1-3H3/b10-7-,15-12-,17-14-,19-16-,25-23-,33-30-. The highest BCUT2D eigenvalue weighted by atomic mass is 16.6. The minimum atomic E-state index is -0.807. The smallest absolute Gasteiger partial charge is 0.306 e. The first kappa shape index (κ1) is 48.9. The number of carbonyl (C=O) groups excluding carboxylic acids is 3. The van der Waals surface area contributed by atoms with Crippen LogP contribution in [0.2, 0.25) is 0 Å². The lowest BCUT2D eigenvalue weighted by molar-refractivity contribution is -0.166. The van der Waals surface area contributed by atoms with Crippen LogP contribution in [0.15, 0.2) is 72.9 Å². The van der Waals surface area contributed by atoms with Crippen molar-refractivity contribution in [2.45, 2.75) is 187 Å². The molecule has 0 saturated carbocycles. The number of hydrogen-bond acceptors (Lipinski definition) is 6. The van der Waals surface area contributed by atoms with Crippen molar-refractivity contribution in [2.24, 2.45) is 0 Å². The third kappa shape index (κ3) is 38.1. The highest BCUT2D eigenvalue weighted by Crippen LogP contribution is 2.12. The summed E-state index contributed by atoms with van der Waals surface area (Å²) < 4.78 is 16.5. The molecule has 0 aliphatic rings. The van der Waals surface area contributed by atoms with Crippen molar-refractivity contribution in [3.63, 3.8) is 0 Å². The molecule has 52 heavy (non-hydrogen) atoms. The zero-order valence-corrected chi connectivity index (χ0v) is 33.5. The summed E-state index contributed by atoms with van der Waals surface area (Å²) in [6, 6.07) is 0. The largest absolute Gasteiger partial charge is 0.462 e. The number of carbonyl (C=O) groups is 3. The molecule has 0 aromatic heterocycles. The monoisotopic (exact) mass is 725 g/mol. The van der Waals surface area contributed by atoms with Crippen molar-refractivity contribution < 1.29 is 28.6 Å². The van der Waals surface area contributed by atoms with Crippen molar-refractivity contribution in [1.82, 2.24) is 0 Å². The maximum absolute atomic E-state index is 12.6. The van der Waals surface area contributed by atoms with Gasteiger partial charge in [-0.25, -0.2) is 0 Å². The van der Waals surface area contributed by atoms with Gasteiger partial charge in [-0.05, 0) is 83.5 Å². The molecule has 0 fully saturated rings. The average Bonchev–Trinajstić information content (AvgIpc) is 3.14. The summed E-state index contributed by atoms with van der Waals surface area (Å²) >= 11 is 0. The van der Waals surface area contributed by atoms with Crippen molar-refractivity contribution in [3.8, 4) is 0 Å². The zero-order chi connectivity index (χ0) is 38.0. The first-order valence-electron chi connectivity index (χ1n) is 20.9. The van der Waals surface area contributed by atoms with Gasteiger partial charge in [0.1, 0.15) is 13.2 Å². The van der Waals surface area contributed by atoms with Crippen molar-refractivity contribution in [1.29, 1.82) is 0 Å². The van der Waals surface area contributed by atoms with E-state index in [-0.39, 0.29) is 37.5 Å². The Morgan fingerprint density at radius 3 is 1.37 bits per heavy atom. The van der Waals surface area contributed by atoms with Gasteiger partial charge in [-0.1, -0.05) is 151 Å². The molecule has 0 aliphatic carbocycles. The molecule has 6 heteroatoms. The molecule has 0 heterocycles. The SMILES string of the molecule is CC/C=C\C/C=C\C/C=C\C/C=C\CCC(=O)OCC(COC(=O)CCCCCCC/C=C\CCC)OC(=O)CCCCCCC/C=C\CCCC. The van der Waals surface area contributed by atoms with E-state index in [2.05, 4.69) is 81.5 Å². The number of esters is 3. The molecule has 0 bridgehead atoms. The van der Waals surface area contributed by atoms with E-state index < -0.39 is 6.10 Å². The van der Waals surface area contributed by atoms with Crippen LogP contribution in [0.25, 0.3) is 0 Å². The quantitative estimate of drug-likeness (QED) is 0.0277. The van der Waals surface area contributed by atoms with Crippen molar-refractivity contribution in [3.05, 3.63) is 72.9 Å². The Morgan fingerprint density at radius 1 is 0.404 bits per heavy atom. The molecule has 0 rings (SSSR count). The molecule has 0 spiro atoms. The summed E-state index contributed by atoms with van der Waals surface area (Å²) in [6.45, 7) is 6.30. The molecule has 1 unspecified atom stereocenters. The van der Waals surface area contributed by atoms with Crippen LogP contribution in [0.5, 0.6) is 0 Å². The fourth-order valence-electron chi connectivity index (χ4n) is 5.26. The summed E-state index contributed by atoms with van der Waals surface area (Å²) in [5, 5.41) is 0. The molecule has 6 nitrogen and oxygen atoms in total. The fraction of sp³-hybridized carbons (Fsp3) is 0.674. The zero-order valence-electron chi connectivity index (χ0n) is 33.5. The molecule has 1 atom stereocenters. The number of hydrogen-bond donors (Lipinski definition) is 0. The summed E-state index contributed by atoms with van der Waals surface area (Å²) in [7, 11) is 0. The second-order valence-corrected chi connectivity index (χ2v) is 13.5. The normalized spacial score (nSPS) is 12.8. The van der Waals surface area contributed by atoms with Gasteiger partial charge in [-0.15, -0.1) is 0 Å². The third-order valence-corrected chi connectivity index (χ3v) is 8.41. The Bertz CT molecular complexity index is 1020. The third-order valence-electron chi connectivity index (χ3n) is 8.41. The van der Waals surface area contributed by atoms with Gasteiger partial charge in [-0.3, -0.25) is 14.4 Å². The van der Waals surface area contributed by atoms with Crippen LogP contribution >= 0.6 is 0 Å². The van der Waals surface area contributed by atoms with Gasteiger partial charge in [0.25, 0.3) is 0 Å². The van der Waals surface area contributed by atoms with Crippen LogP contribution in [-0.2, 0) is 28.6 Å². The molecule has 0 aromatic rings. The lowest BCUT2D eigenvalue weighted by Crippen LogP contribution is -2.30. The lowest BCUT2D eigenvalue weighted by Gasteiger charge is -2.18. The second-order valence-electron chi connectivity index (χ2n) is 13.5. The molecular weight excluding hydrogens is 648 g/mol. The molecule has 0 saturated heterocycles. The van der Waals surface area contributed by atoms with E-state index >= 15 is 0 Å². The predicted molar refractivity (Wildman–Crippen MR) is 219 cm³/mol. The average molecular weight is 725 g/mol. The maximum Gasteiger partial charge on any atom is 0.306 e. The predicted octanol–water partition coefficient (Wildman–Crippen LogP) is 13.1. The van der Waals surface area contributed by atoms with Crippen LogP contribution in [0, 0.1) is 0 Å². The van der Waals surface area contributed by atoms with Crippen LogP contribution < -0.4 is 0 Å². The Hall–Kier alpha value is -3.15. The highest BCUT2D eigenvalue weighted by Gasteiger charge is 2.19. The van der Waals surface area contributed by atoms with Gasteiger partial charge >= 0.3 is 17.9 Å². The lowest BCUT2D eigenvalue weighted by atomic mass is 10.1. The molecule has 0 amide bonds. The first-order valence-corrected chi connectivity index (χ1v) is 20.9. The first-order chi connectivity index (χ1) is 25.5. The van der Waals surface area contributed by atoms with E-state index in [9.17, 15) is 14.4 Å². The van der Waals surface area contributed by atoms with E-state index in [1.165, 1.54) is 38.5 Å². The topological polar surface area (TPSA) is 78.9 Å². The van der Waals surface area contributed by atoms with E-state index in [4.69, 9.17) is 14.2 Å². The summed E-state index contributed by atoms with van der Waals surface area (Å²) in [5.74, 6) is -1.02. The molecular formula is C46H76O6. The Kier molecular flexibility index (Phi) is 38.2. The Morgan fingerprint density at radius 2 is 0.827 bits per heavy atom. The molecule has 0 N–H and O–H groups in total. The molecule has 0 aliphatic heterocycles. The highest BCUT2D eigenvalue weighted by molar-refractivity contribution is 5.71. The van der Waals surface area contributed by atoms with Crippen LogP contribution in [-0.4, -0.2) is 37.2 Å². The van der Waals surface area contributed by atoms with E-state index in [0.717, 1.165) is 96.3 Å². The Labute approximate surface area is 319 Å². The van der Waals surface area contributed by atoms with Gasteiger partial charge in [0.2, 0.25) is 0 Å². The summed E-state index contributed by atoms with van der Waals surface area (Å²) in [5.41, 5.74) is 0. The van der Waals surface area contributed by atoms with Gasteiger partial charge in [0.15, 0.2) is 6.10 Å². The van der Waals surface area contributed by atoms with E-state index in [0.29, 0.717) is 19.3 Å². The minimum Gasteiger partial charge on any atom is -0.462 e. The van der Waals surface area contributed by atoms with Gasteiger partial charge in [0.05, 0.1) is 0 Å². The molecule has 0 aromatic carbocycles. The van der Waals surface area contributed by atoms with Gasteiger partial charge in [-0.2, -0.15) is 0 Å². The Balaban J connectivity index is 4.52. The molecule has 296 valence electrons. The van der Waals surface area contributed by atoms with Gasteiger partial charge < -0.3 is 14.2 Å². The summed E-state index contributed by atoms with van der Waals surface area (Å²) in [4.78, 5) is 37.5. The van der Waals surface area contributed by atoms with Crippen molar-refractivity contribution >= 4 is 17.9 Å². The van der Waals surface area contributed by atoms with Crippen LogP contribution in [0.3, 0.4) is 0 Å². The number of rotatable bonds is 36. The summed E-state index contributed by atoms with van der Waals surface area (Å²) in [6.07, 6.45) is 49.0. The maximum atomic E-state index is 12.6. The van der Waals surface area contributed by atoms with Crippen molar-refractivity contribution in [2.75, 3.05) is 13.2 Å². The second kappa shape index (κ2) is 40.6. The van der Waals surface area contributed by atoms with E-state index in [1.54, 1.807) is 0 Å². The number of unbranched alkanes of at least 4 members (excludes halogenated alkanes) is 13. The fourth-order valence-corrected chi connectivity index (χ4v) is 5.26. The minimum absolute atomic E-state index is 0.107. The number of allylic oxidation sites excluding steroid dienone is 12. The number of ether oxygens (including phenoxy) is 3. The molecule has 0 radical (unpaired) electrons.